The van der Waals surface area contributed by atoms with Crippen LogP contribution in [0.25, 0.3) is 11.1 Å². The van der Waals surface area contributed by atoms with Gasteiger partial charge in [0.1, 0.15) is 36.2 Å². The summed E-state index contributed by atoms with van der Waals surface area (Å²) in [6.07, 6.45) is 9.56. The van der Waals surface area contributed by atoms with Crippen molar-refractivity contribution in [3.8, 4) is 23.0 Å². The van der Waals surface area contributed by atoms with Gasteiger partial charge in [-0.3, -0.25) is 9.80 Å². The third-order valence-corrected chi connectivity index (χ3v) is 13.8. The Balaban J connectivity index is 0.000000162. The van der Waals surface area contributed by atoms with Crippen LogP contribution in [0.3, 0.4) is 0 Å². The standard InChI is InChI=1S/C29H33NO2.C29H31NO2/c2*1-31-26-14-16-28-24(21-26)11-15-27(22-7-3-2-4-8-22)29(28)23-9-12-25(13-10-23)32-20-19-30-17-5-6-18-30/h2-4,7-10,12-14,16,21,27,29H,5-6,11,15,17-20H2,1H3;2-4,7-10,12-14,16,21H,5-6,11,15,17-20H2,1H3/t27-,29?;/m1./s1. The molecule has 2 aliphatic heterocycles. The molecule has 2 atom stereocenters. The maximum atomic E-state index is 6.06. The molecule has 0 bridgehead atoms. The first-order valence-electron chi connectivity index (χ1n) is 23.7. The van der Waals surface area contributed by atoms with E-state index in [9.17, 15) is 0 Å². The third-order valence-electron chi connectivity index (χ3n) is 13.8. The highest BCUT2D eigenvalue weighted by molar-refractivity contribution is 6.00. The summed E-state index contributed by atoms with van der Waals surface area (Å²) in [5, 5.41) is 0. The fourth-order valence-corrected chi connectivity index (χ4v) is 10.4. The van der Waals surface area contributed by atoms with Crippen molar-refractivity contribution in [2.24, 2.45) is 0 Å². The highest BCUT2D eigenvalue weighted by Crippen LogP contribution is 2.47. The van der Waals surface area contributed by atoms with Gasteiger partial charge in [-0.25, -0.2) is 0 Å². The highest BCUT2D eigenvalue weighted by Gasteiger charge is 2.32. The highest BCUT2D eigenvalue weighted by atomic mass is 16.5. The van der Waals surface area contributed by atoms with Crippen LogP contribution in [0, 0.1) is 0 Å². The lowest BCUT2D eigenvalue weighted by atomic mass is 9.69. The largest absolute Gasteiger partial charge is 0.497 e. The molecule has 10 rings (SSSR count). The van der Waals surface area contributed by atoms with Gasteiger partial charge in [0.25, 0.3) is 0 Å². The summed E-state index contributed by atoms with van der Waals surface area (Å²) in [7, 11) is 3.48. The molecule has 330 valence electrons. The second-order valence-electron chi connectivity index (χ2n) is 17.7. The molecule has 6 heteroatoms. The Labute approximate surface area is 381 Å². The van der Waals surface area contributed by atoms with Gasteiger partial charge in [-0.05, 0) is 188 Å². The van der Waals surface area contributed by atoms with E-state index in [0.29, 0.717) is 11.8 Å². The smallest absolute Gasteiger partial charge is 0.119 e. The fourth-order valence-electron chi connectivity index (χ4n) is 10.4. The van der Waals surface area contributed by atoms with E-state index in [4.69, 9.17) is 18.9 Å². The van der Waals surface area contributed by atoms with E-state index < -0.39 is 0 Å². The number of nitrogens with zero attached hydrogens (tertiary/aromatic N) is 2. The molecule has 0 saturated carbocycles. The SMILES string of the molecule is COc1ccc2c(c1)CCC(c1ccccc1)=C2c1ccc(OCCN2CCCC2)cc1.COc1ccc2c(c1)CC[C@H](c1ccccc1)C2c1ccc(OCCN2CCCC2)cc1. The first kappa shape index (κ1) is 43.4. The van der Waals surface area contributed by atoms with Crippen molar-refractivity contribution < 1.29 is 18.9 Å². The topological polar surface area (TPSA) is 43.4 Å². The van der Waals surface area contributed by atoms with Crippen LogP contribution in [0.5, 0.6) is 23.0 Å². The predicted octanol–water partition coefficient (Wildman–Crippen LogP) is 12.1. The number of aryl methyl sites for hydroxylation is 2. The number of allylic oxidation sites excluding steroid dienone is 1. The molecule has 2 fully saturated rings. The Kier molecular flexibility index (Phi) is 14.4. The second kappa shape index (κ2) is 21.2. The van der Waals surface area contributed by atoms with E-state index in [0.717, 1.165) is 75.0 Å². The summed E-state index contributed by atoms with van der Waals surface area (Å²) in [4.78, 5) is 4.98. The molecule has 2 saturated heterocycles. The molecule has 2 aliphatic carbocycles. The molecule has 0 amide bonds. The molecule has 6 aromatic rings. The number of rotatable bonds is 14. The second-order valence-corrected chi connectivity index (χ2v) is 17.7. The van der Waals surface area contributed by atoms with Crippen LogP contribution in [0.2, 0.25) is 0 Å². The molecular formula is C58H64N2O4. The first-order valence-corrected chi connectivity index (χ1v) is 23.7. The Morgan fingerprint density at radius 1 is 0.484 bits per heavy atom. The van der Waals surface area contributed by atoms with Crippen LogP contribution in [0.15, 0.2) is 146 Å². The van der Waals surface area contributed by atoms with Crippen molar-refractivity contribution >= 4 is 11.1 Å². The van der Waals surface area contributed by atoms with Crippen molar-refractivity contribution in [2.75, 3.05) is 66.7 Å². The Morgan fingerprint density at radius 2 is 1.03 bits per heavy atom. The van der Waals surface area contributed by atoms with Gasteiger partial charge >= 0.3 is 0 Å². The molecule has 2 heterocycles. The van der Waals surface area contributed by atoms with Crippen molar-refractivity contribution in [3.63, 3.8) is 0 Å². The van der Waals surface area contributed by atoms with Gasteiger partial charge in [0.15, 0.2) is 0 Å². The predicted molar refractivity (Wildman–Crippen MR) is 261 cm³/mol. The van der Waals surface area contributed by atoms with E-state index >= 15 is 0 Å². The van der Waals surface area contributed by atoms with Gasteiger partial charge in [-0.15, -0.1) is 0 Å². The maximum Gasteiger partial charge on any atom is 0.119 e. The minimum Gasteiger partial charge on any atom is -0.497 e. The minimum atomic E-state index is 0.339. The zero-order valence-corrected chi connectivity index (χ0v) is 37.9. The van der Waals surface area contributed by atoms with Gasteiger partial charge in [0.05, 0.1) is 14.2 Å². The third kappa shape index (κ3) is 10.4. The Morgan fingerprint density at radius 3 is 1.64 bits per heavy atom. The average molecular weight is 853 g/mol. The Bertz CT molecular complexity index is 2440. The van der Waals surface area contributed by atoms with Crippen LogP contribution in [-0.4, -0.2) is 76.5 Å². The van der Waals surface area contributed by atoms with Crippen molar-refractivity contribution in [1.82, 2.24) is 9.80 Å². The van der Waals surface area contributed by atoms with Crippen molar-refractivity contribution in [3.05, 3.63) is 190 Å². The molecule has 6 aromatic carbocycles. The zero-order chi connectivity index (χ0) is 43.5. The molecule has 64 heavy (non-hydrogen) atoms. The van der Waals surface area contributed by atoms with E-state index in [1.54, 1.807) is 14.2 Å². The number of methoxy groups -OCH3 is 2. The number of likely N-dealkylation sites (tertiary alicyclic amines) is 2. The number of fused-ring (bicyclic) bond motifs is 2. The summed E-state index contributed by atoms with van der Waals surface area (Å²) in [6.45, 7) is 8.41. The minimum absolute atomic E-state index is 0.339. The lowest BCUT2D eigenvalue weighted by molar-refractivity contribution is 0.237. The summed E-state index contributed by atoms with van der Waals surface area (Å²) >= 11 is 0. The maximum absolute atomic E-state index is 6.06. The van der Waals surface area contributed by atoms with Crippen LogP contribution in [0.1, 0.15) is 94.9 Å². The first-order chi connectivity index (χ1) is 31.6. The van der Waals surface area contributed by atoms with Gasteiger partial charge in [-0.2, -0.15) is 0 Å². The molecule has 6 nitrogen and oxygen atoms in total. The number of hydrogen-bond acceptors (Lipinski definition) is 6. The Hall–Kier alpha value is -5.82. The average Bonchev–Trinajstić information content (AvgIpc) is 4.10. The quantitative estimate of drug-likeness (QED) is 0.109. The van der Waals surface area contributed by atoms with Crippen molar-refractivity contribution in [1.29, 1.82) is 0 Å². The fraction of sp³-hybridized carbons (Fsp3) is 0.345. The normalized spacial score (nSPS) is 18.4. The van der Waals surface area contributed by atoms with Crippen LogP contribution >= 0.6 is 0 Å². The summed E-state index contributed by atoms with van der Waals surface area (Å²) in [6, 6.07) is 52.3. The van der Waals surface area contributed by atoms with Gasteiger partial charge in [0.2, 0.25) is 0 Å². The number of benzene rings is 6. The number of hydrogen-bond donors (Lipinski definition) is 0. The molecular weight excluding hydrogens is 789 g/mol. The van der Waals surface area contributed by atoms with Gasteiger partial charge in [0, 0.05) is 19.0 Å². The van der Waals surface area contributed by atoms with E-state index in [2.05, 4.69) is 155 Å². The molecule has 0 aromatic heterocycles. The van der Waals surface area contributed by atoms with Crippen LogP contribution in [-0.2, 0) is 12.8 Å². The van der Waals surface area contributed by atoms with Crippen molar-refractivity contribution in [2.45, 2.75) is 63.2 Å². The van der Waals surface area contributed by atoms with E-state index in [1.807, 2.05) is 0 Å². The summed E-state index contributed by atoms with van der Waals surface area (Å²) in [5.41, 5.74) is 13.5. The molecule has 0 N–H and O–H groups in total. The van der Waals surface area contributed by atoms with Crippen LogP contribution < -0.4 is 18.9 Å². The summed E-state index contributed by atoms with van der Waals surface area (Å²) in [5.74, 6) is 4.59. The van der Waals surface area contributed by atoms with Gasteiger partial charge in [-0.1, -0.05) is 97.1 Å². The van der Waals surface area contributed by atoms with E-state index in [1.165, 1.54) is 108 Å². The zero-order valence-electron chi connectivity index (χ0n) is 37.9. The van der Waals surface area contributed by atoms with Crippen LogP contribution in [0.4, 0.5) is 0 Å². The summed E-state index contributed by atoms with van der Waals surface area (Å²) < 4.78 is 23.1. The lowest BCUT2D eigenvalue weighted by Crippen LogP contribution is -2.25. The van der Waals surface area contributed by atoms with Gasteiger partial charge < -0.3 is 18.9 Å². The van der Waals surface area contributed by atoms with E-state index in [-0.39, 0.29) is 0 Å². The molecule has 0 spiro atoms. The molecule has 4 aliphatic rings. The molecule has 0 radical (unpaired) electrons. The monoisotopic (exact) mass is 852 g/mol. The number of ether oxygens (including phenoxy) is 4. The lowest BCUT2D eigenvalue weighted by Gasteiger charge is -2.35. The molecule has 1 unspecified atom stereocenters.